The number of nitrogens with one attached hydrogen (secondary N) is 2. The monoisotopic (exact) mass is 222 g/mol. The topological polar surface area (TPSA) is 24.1 Å². The second-order valence-electron chi connectivity index (χ2n) is 3.81. The lowest BCUT2D eigenvalue weighted by atomic mass is 10.0. The van der Waals surface area contributed by atoms with Gasteiger partial charge in [-0.25, -0.2) is 0 Å². The van der Waals surface area contributed by atoms with Gasteiger partial charge < -0.3 is 10.6 Å². The van der Waals surface area contributed by atoms with E-state index in [0.717, 1.165) is 0 Å². The molecule has 1 unspecified atom stereocenters. The number of hydrogen-bond acceptors (Lipinski definition) is 1. The summed E-state index contributed by atoms with van der Waals surface area (Å²) in [4.78, 5) is 0. The Kier molecular flexibility index (Phi) is 4.09. The summed E-state index contributed by atoms with van der Waals surface area (Å²) in [6, 6.07) is 6.71. The third kappa shape index (κ3) is 3.20. The van der Waals surface area contributed by atoms with Crippen LogP contribution in [0.25, 0.3) is 0 Å². The van der Waals surface area contributed by atoms with Crippen molar-refractivity contribution in [2.45, 2.75) is 26.8 Å². The van der Waals surface area contributed by atoms with Gasteiger partial charge in [-0.3, -0.25) is 0 Å². The van der Waals surface area contributed by atoms with E-state index in [0.29, 0.717) is 5.11 Å². The zero-order chi connectivity index (χ0) is 11.4. The Hall–Kier alpha value is -1.09. The third-order valence-electron chi connectivity index (χ3n) is 2.48. The molecule has 0 heterocycles. The molecule has 1 rings (SSSR count). The maximum Gasteiger partial charge on any atom is 0.166 e. The fourth-order valence-electron chi connectivity index (χ4n) is 1.57. The lowest BCUT2D eigenvalue weighted by Crippen LogP contribution is -2.34. The molecule has 0 aliphatic carbocycles. The van der Waals surface area contributed by atoms with Crippen LogP contribution < -0.4 is 10.6 Å². The molecule has 0 bridgehead atoms. The normalized spacial score (nSPS) is 12.0. The van der Waals surface area contributed by atoms with E-state index in [4.69, 9.17) is 12.2 Å². The minimum Gasteiger partial charge on any atom is -0.366 e. The standard InChI is InChI=1S/C12H18N2S/c1-8-5-6-9(2)11(7-8)10(3)14-12(15)13-4/h5-7,10H,1-4H3,(H2,13,14,15). The van der Waals surface area contributed by atoms with Gasteiger partial charge in [-0.1, -0.05) is 23.8 Å². The molecule has 82 valence electrons. The second kappa shape index (κ2) is 5.12. The Balaban J connectivity index is 2.85. The molecule has 1 aromatic carbocycles. The van der Waals surface area contributed by atoms with Crippen molar-refractivity contribution in [3.05, 3.63) is 34.9 Å². The molecule has 0 aliphatic rings. The molecule has 0 radical (unpaired) electrons. The summed E-state index contributed by atoms with van der Waals surface area (Å²) in [5.41, 5.74) is 3.87. The molecule has 0 amide bonds. The number of rotatable bonds is 2. The largest absolute Gasteiger partial charge is 0.366 e. The summed E-state index contributed by atoms with van der Waals surface area (Å²) in [6.07, 6.45) is 0. The molecule has 0 aromatic heterocycles. The molecular weight excluding hydrogens is 204 g/mol. The summed E-state index contributed by atoms with van der Waals surface area (Å²) < 4.78 is 0. The molecule has 15 heavy (non-hydrogen) atoms. The van der Waals surface area contributed by atoms with Gasteiger partial charge in [0.1, 0.15) is 0 Å². The van der Waals surface area contributed by atoms with Gasteiger partial charge in [0.2, 0.25) is 0 Å². The number of thiocarbonyl (C=S) groups is 1. The van der Waals surface area contributed by atoms with Gasteiger partial charge in [0, 0.05) is 7.05 Å². The lowest BCUT2D eigenvalue weighted by molar-refractivity contribution is 0.704. The Morgan fingerprint density at radius 1 is 1.33 bits per heavy atom. The van der Waals surface area contributed by atoms with E-state index in [9.17, 15) is 0 Å². The van der Waals surface area contributed by atoms with Gasteiger partial charge in [0.15, 0.2) is 5.11 Å². The predicted octanol–water partition coefficient (Wildman–Crippen LogP) is 2.46. The van der Waals surface area contributed by atoms with E-state index in [1.54, 1.807) is 0 Å². The van der Waals surface area contributed by atoms with E-state index in [1.165, 1.54) is 16.7 Å². The van der Waals surface area contributed by atoms with Crippen LogP contribution >= 0.6 is 12.2 Å². The molecule has 0 saturated carbocycles. The summed E-state index contributed by atoms with van der Waals surface area (Å²) in [6.45, 7) is 6.34. The first-order valence-corrected chi connectivity index (χ1v) is 5.51. The highest BCUT2D eigenvalue weighted by atomic mass is 32.1. The van der Waals surface area contributed by atoms with Crippen LogP contribution in [0, 0.1) is 13.8 Å². The van der Waals surface area contributed by atoms with Crippen LogP contribution in [-0.4, -0.2) is 12.2 Å². The molecule has 2 nitrogen and oxygen atoms in total. The van der Waals surface area contributed by atoms with Crippen LogP contribution in [0.15, 0.2) is 18.2 Å². The highest BCUT2D eigenvalue weighted by Gasteiger charge is 2.08. The average molecular weight is 222 g/mol. The van der Waals surface area contributed by atoms with Crippen LogP contribution in [0.2, 0.25) is 0 Å². The summed E-state index contributed by atoms with van der Waals surface area (Å²) in [5, 5.41) is 6.84. The fourth-order valence-corrected chi connectivity index (χ4v) is 1.75. The third-order valence-corrected chi connectivity index (χ3v) is 2.80. The van der Waals surface area contributed by atoms with Crippen molar-refractivity contribution in [1.29, 1.82) is 0 Å². The first kappa shape index (κ1) is 12.0. The maximum atomic E-state index is 5.09. The van der Waals surface area contributed by atoms with Crippen LogP contribution in [0.5, 0.6) is 0 Å². The van der Waals surface area contributed by atoms with Gasteiger partial charge in [0.05, 0.1) is 6.04 Å². The quantitative estimate of drug-likeness (QED) is 0.752. The molecule has 1 atom stereocenters. The average Bonchev–Trinajstić information content (AvgIpc) is 2.21. The zero-order valence-corrected chi connectivity index (χ0v) is 10.5. The molecular formula is C12H18N2S. The Labute approximate surface area is 97.1 Å². The van der Waals surface area contributed by atoms with E-state index < -0.39 is 0 Å². The molecule has 2 N–H and O–H groups in total. The summed E-state index contributed by atoms with van der Waals surface area (Å²) in [7, 11) is 1.82. The van der Waals surface area contributed by atoms with Crippen molar-refractivity contribution < 1.29 is 0 Å². The Morgan fingerprint density at radius 3 is 2.60 bits per heavy atom. The van der Waals surface area contributed by atoms with Crippen LogP contribution in [0.1, 0.15) is 29.7 Å². The fraction of sp³-hybridized carbons (Fsp3) is 0.417. The van der Waals surface area contributed by atoms with Crippen molar-refractivity contribution in [1.82, 2.24) is 10.6 Å². The molecule has 3 heteroatoms. The lowest BCUT2D eigenvalue weighted by Gasteiger charge is -2.18. The molecule has 0 saturated heterocycles. The minimum atomic E-state index is 0.241. The van der Waals surface area contributed by atoms with Crippen LogP contribution in [-0.2, 0) is 0 Å². The van der Waals surface area contributed by atoms with Gasteiger partial charge in [-0.15, -0.1) is 0 Å². The van der Waals surface area contributed by atoms with E-state index in [1.807, 2.05) is 7.05 Å². The van der Waals surface area contributed by atoms with Crippen molar-refractivity contribution in [2.75, 3.05) is 7.05 Å². The minimum absolute atomic E-state index is 0.241. The van der Waals surface area contributed by atoms with Crippen molar-refractivity contribution in [2.24, 2.45) is 0 Å². The second-order valence-corrected chi connectivity index (χ2v) is 4.21. The highest BCUT2D eigenvalue weighted by Crippen LogP contribution is 2.18. The molecule has 0 fully saturated rings. The van der Waals surface area contributed by atoms with E-state index in [-0.39, 0.29) is 6.04 Å². The highest BCUT2D eigenvalue weighted by molar-refractivity contribution is 7.80. The number of aryl methyl sites for hydroxylation is 2. The Bertz CT molecular complexity index is 361. The van der Waals surface area contributed by atoms with Crippen LogP contribution in [0.4, 0.5) is 0 Å². The smallest absolute Gasteiger partial charge is 0.166 e. The summed E-state index contributed by atoms with van der Waals surface area (Å²) >= 11 is 5.09. The predicted molar refractivity (Wildman–Crippen MR) is 69.1 cm³/mol. The van der Waals surface area contributed by atoms with Crippen molar-refractivity contribution in [3.63, 3.8) is 0 Å². The number of benzene rings is 1. The molecule has 0 spiro atoms. The first-order valence-electron chi connectivity index (χ1n) is 5.10. The summed E-state index contributed by atoms with van der Waals surface area (Å²) in [5.74, 6) is 0. The van der Waals surface area contributed by atoms with E-state index in [2.05, 4.69) is 49.6 Å². The molecule has 0 aliphatic heterocycles. The zero-order valence-electron chi connectivity index (χ0n) is 9.72. The Morgan fingerprint density at radius 2 is 2.00 bits per heavy atom. The van der Waals surface area contributed by atoms with Gasteiger partial charge in [-0.2, -0.15) is 0 Å². The van der Waals surface area contributed by atoms with Gasteiger partial charge in [-0.05, 0) is 44.1 Å². The van der Waals surface area contributed by atoms with Gasteiger partial charge in [0.25, 0.3) is 0 Å². The van der Waals surface area contributed by atoms with Crippen molar-refractivity contribution >= 4 is 17.3 Å². The van der Waals surface area contributed by atoms with Crippen LogP contribution in [0.3, 0.4) is 0 Å². The molecule has 1 aromatic rings. The first-order chi connectivity index (χ1) is 7.04. The SMILES string of the molecule is CNC(=S)NC(C)c1cc(C)ccc1C. The van der Waals surface area contributed by atoms with E-state index >= 15 is 0 Å². The number of hydrogen-bond donors (Lipinski definition) is 2. The van der Waals surface area contributed by atoms with Gasteiger partial charge >= 0.3 is 0 Å². The van der Waals surface area contributed by atoms with Crippen molar-refractivity contribution in [3.8, 4) is 0 Å². The maximum absolute atomic E-state index is 5.09.